The van der Waals surface area contributed by atoms with Crippen molar-refractivity contribution >= 4 is 52.1 Å². The van der Waals surface area contributed by atoms with Crippen LogP contribution in [0.4, 0.5) is 21.7 Å². The number of nitrogens with one attached hydrogen (secondary N) is 1. The number of hydrogen-bond donors (Lipinski definition) is 3. The summed E-state index contributed by atoms with van der Waals surface area (Å²) in [4.78, 5) is 25.1. The van der Waals surface area contributed by atoms with E-state index < -0.39 is 11.7 Å². The molecule has 0 aliphatic heterocycles. The van der Waals surface area contributed by atoms with Crippen LogP contribution in [0.3, 0.4) is 0 Å². The lowest BCUT2D eigenvalue weighted by atomic mass is 10.1. The minimum atomic E-state index is -0.734. The molecule has 1 aromatic carbocycles. The summed E-state index contributed by atoms with van der Waals surface area (Å²) in [5.74, 6) is -0.975. The average molecular weight is 489 g/mol. The van der Waals surface area contributed by atoms with E-state index >= 15 is 0 Å². The Hall–Kier alpha value is -3.69. The SMILES string of the molecule is CCC(=Nc1ncccc1Cl)C(=CN)C(=O)Nc1ccc(Oc2ccnc(N)c2Cl)c(F)c1. The molecule has 0 bridgehead atoms. The van der Waals surface area contributed by atoms with Crippen LogP contribution < -0.4 is 21.5 Å². The number of nitrogens with zero attached hydrogens (tertiary/aromatic N) is 3. The van der Waals surface area contributed by atoms with Gasteiger partial charge >= 0.3 is 0 Å². The van der Waals surface area contributed by atoms with Gasteiger partial charge in [-0.05, 0) is 30.7 Å². The molecule has 1 amide bonds. The molecule has 0 spiro atoms. The maximum absolute atomic E-state index is 14.6. The summed E-state index contributed by atoms with van der Waals surface area (Å²) in [6, 6.07) is 8.64. The van der Waals surface area contributed by atoms with Crippen LogP contribution in [-0.4, -0.2) is 21.6 Å². The van der Waals surface area contributed by atoms with Crippen molar-refractivity contribution in [2.24, 2.45) is 10.7 Å². The van der Waals surface area contributed by atoms with Crippen LogP contribution in [0.5, 0.6) is 11.5 Å². The Kier molecular flexibility index (Phi) is 7.81. The van der Waals surface area contributed by atoms with E-state index in [9.17, 15) is 9.18 Å². The smallest absolute Gasteiger partial charge is 0.258 e. The van der Waals surface area contributed by atoms with Crippen LogP contribution in [0.2, 0.25) is 10.0 Å². The van der Waals surface area contributed by atoms with Gasteiger partial charge in [0.05, 0.1) is 16.3 Å². The number of aliphatic imine (C=N–C) groups is 1. The van der Waals surface area contributed by atoms with E-state index in [0.717, 1.165) is 12.3 Å². The van der Waals surface area contributed by atoms with Gasteiger partial charge in [0.2, 0.25) is 0 Å². The number of aromatic nitrogens is 2. The highest BCUT2D eigenvalue weighted by Gasteiger charge is 2.17. The normalized spacial score (nSPS) is 11.9. The fourth-order valence-electron chi connectivity index (χ4n) is 2.72. The van der Waals surface area contributed by atoms with Gasteiger partial charge in [-0.15, -0.1) is 0 Å². The predicted octanol–water partition coefficient (Wildman–Crippen LogP) is 5.26. The highest BCUT2D eigenvalue weighted by atomic mass is 35.5. The summed E-state index contributed by atoms with van der Waals surface area (Å²) in [5, 5.41) is 2.98. The molecule has 0 aliphatic rings. The third kappa shape index (κ3) is 5.76. The Morgan fingerprint density at radius 1 is 1.21 bits per heavy atom. The molecule has 0 fully saturated rings. The number of halogens is 3. The summed E-state index contributed by atoms with van der Waals surface area (Å²) in [6.07, 6.45) is 4.41. The van der Waals surface area contributed by atoms with Crippen molar-refractivity contribution in [1.29, 1.82) is 0 Å². The topological polar surface area (TPSA) is 129 Å². The Morgan fingerprint density at radius 2 is 2.00 bits per heavy atom. The zero-order valence-corrected chi connectivity index (χ0v) is 18.9. The quantitative estimate of drug-likeness (QED) is 0.307. The van der Waals surface area contributed by atoms with Crippen molar-refractivity contribution in [2.75, 3.05) is 11.1 Å². The van der Waals surface area contributed by atoms with E-state index in [1.165, 1.54) is 30.6 Å². The summed E-state index contributed by atoms with van der Waals surface area (Å²) < 4.78 is 20.1. The third-order valence-corrected chi connectivity index (χ3v) is 5.00. The number of ether oxygens (including phenoxy) is 1. The van der Waals surface area contributed by atoms with Crippen molar-refractivity contribution < 1.29 is 13.9 Å². The highest BCUT2D eigenvalue weighted by Crippen LogP contribution is 2.34. The first-order valence-electron chi connectivity index (χ1n) is 9.63. The number of carbonyl (C=O) groups is 1. The van der Waals surface area contributed by atoms with Crippen LogP contribution in [-0.2, 0) is 4.79 Å². The van der Waals surface area contributed by atoms with Gasteiger partial charge in [0, 0.05) is 36.4 Å². The first-order valence-corrected chi connectivity index (χ1v) is 10.4. The maximum atomic E-state index is 14.6. The Morgan fingerprint density at radius 3 is 2.67 bits per heavy atom. The van der Waals surface area contributed by atoms with E-state index in [2.05, 4.69) is 20.3 Å². The fraction of sp³-hybridized carbons (Fsp3) is 0.0909. The van der Waals surface area contributed by atoms with Gasteiger partial charge in [-0.3, -0.25) is 4.79 Å². The fourth-order valence-corrected chi connectivity index (χ4v) is 3.03. The standard InChI is InChI=1S/C22H19Cl2FN6O2/c1-2-16(31-21-14(23)4-3-8-29-21)13(11-26)22(32)30-12-5-6-17(15(25)10-12)33-18-7-9-28-20(27)19(18)24/h3-11H,2,26H2,1H3,(H2,27,28)(H,30,32). The average Bonchev–Trinajstić information content (AvgIpc) is 2.79. The summed E-state index contributed by atoms with van der Waals surface area (Å²) in [5.41, 5.74) is 11.9. The lowest BCUT2D eigenvalue weighted by Crippen LogP contribution is -2.21. The first-order chi connectivity index (χ1) is 15.8. The first kappa shape index (κ1) is 24.0. The molecule has 3 rings (SSSR count). The molecule has 170 valence electrons. The second kappa shape index (κ2) is 10.8. The van der Waals surface area contributed by atoms with Crippen molar-refractivity contribution in [2.45, 2.75) is 13.3 Å². The molecule has 2 aromatic heterocycles. The lowest BCUT2D eigenvalue weighted by molar-refractivity contribution is -0.112. The molecule has 3 aromatic rings. The molecule has 11 heteroatoms. The number of anilines is 2. The molecule has 33 heavy (non-hydrogen) atoms. The Balaban J connectivity index is 1.79. The largest absolute Gasteiger partial charge is 0.453 e. The molecule has 0 unspecified atom stereocenters. The number of hydrogen-bond acceptors (Lipinski definition) is 7. The molecular formula is C22H19Cl2FN6O2. The molecule has 0 saturated carbocycles. The number of pyridine rings is 2. The molecule has 0 saturated heterocycles. The zero-order valence-electron chi connectivity index (χ0n) is 17.3. The summed E-state index contributed by atoms with van der Waals surface area (Å²) in [7, 11) is 0. The van der Waals surface area contributed by atoms with Gasteiger partial charge < -0.3 is 21.5 Å². The van der Waals surface area contributed by atoms with Gasteiger partial charge in [0.1, 0.15) is 10.8 Å². The third-order valence-electron chi connectivity index (χ3n) is 4.33. The molecule has 0 aliphatic carbocycles. The van der Waals surface area contributed by atoms with Crippen LogP contribution in [0.25, 0.3) is 0 Å². The van der Waals surface area contributed by atoms with Crippen molar-refractivity contribution in [3.05, 3.63) is 76.4 Å². The van der Waals surface area contributed by atoms with E-state index in [1.807, 2.05) is 0 Å². The van der Waals surface area contributed by atoms with Gasteiger partial charge in [0.25, 0.3) is 5.91 Å². The number of carbonyl (C=O) groups excluding carboxylic acids is 1. The minimum Gasteiger partial charge on any atom is -0.453 e. The number of nitrogen functional groups attached to an aromatic ring is 1. The lowest BCUT2D eigenvalue weighted by Gasteiger charge is -2.12. The highest BCUT2D eigenvalue weighted by molar-refractivity contribution is 6.34. The van der Waals surface area contributed by atoms with E-state index in [-0.39, 0.29) is 39.4 Å². The van der Waals surface area contributed by atoms with E-state index in [0.29, 0.717) is 17.2 Å². The predicted molar refractivity (Wildman–Crippen MR) is 128 cm³/mol. The Bertz CT molecular complexity index is 1250. The van der Waals surface area contributed by atoms with E-state index in [1.54, 1.807) is 19.1 Å². The van der Waals surface area contributed by atoms with Gasteiger partial charge in [-0.2, -0.15) is 0 Å². The van der Waals surface area contributed by atoms with Crippen molar-refractivity contribution in [3.8, 4) is 11.5 Å². The monoisotopic (exact) mass is 488 g/mol. The molecule has 8 nitrogen and oxygen atoms in total. The zero-order chi connectivity index (χ0) is 24.0. The van der Waals surface area contributed by atoms with Crippen LogP contribution in [0.1, 0.15) is 13.3 Å². The number of amides is 1. The van der Waals surface area contributed by atoms with Gasteiger partial charge in [-0.25, -0.2) is 19.4 Å². The number of rotatable bonds is 7. The number of nitrogens with two attached hydrogens (primary N) is 2. The maximum Gasteiger partial charge on any atom is 0.258 e. The molecule has 0 atom stereocenters. The molecule has 2 heterocycles. The van der Waals surface area contributed by atoms with Gasteiger partial charge in [-0.1, -0.05) is 30.1 Å². The summed E-state index contributed by atoms with van der Waals surface area (Å²) >= 11 is 12.1. The van der Waals surface area contributed by atoms with E-state index in [4.69, 9.17) is 39.4 Å². The molecular weight excluding hydrogens is 470 g/mol. The molecule has 0 radical (unpaired) electrons. The minimum absolute atomic E-state index is 0.0555. The molecule has 5 N–H and O–H groups in total. The second-order valence-corrected chi connectivity index (χ2v) is 7.30. The second-order valence-electron chi connectivity index (χ2n) is 6.51. The Labute approximate surface area is 199 Å². The van der Waals surface area contributed by atoms with Crippen LogP contribution >= 0.6 is 23.2 Å². The van der Waals surface area contributed by atoms with Crippen molar-refractivity contribution in [3.63, 3.8) is 0 Å². The van der Waals surface area contributed by atoms with Gasteiger partial charge in [0.15, 0.2) is 23.1 Å². The van der Waals surface area contributed by atoms with Crippen LogP contribution in [0.15, 0.2) is 65.6 Å². The van der Waals surface area contributed by atoms with Crippen molar-refractivity contribution in [1.82, 2.24) is 9.97 Å². The summed E-state index contributed by atoms with van der Waals surface area (Å²) in [6.45, 7) is 1.80. The van der Waals surface area contributed by atoms with Crippen LogP contribution in [0, 0.1) is 5.82 Å². The number of benzene rings is 1.